The second-order valence-electron chi connectivity index (χ2n) is 4.66. The number of pyridine rings is 1. The van der Waals surface area contributed by atoms with E-state index in [4.69, 9.17) is 0 Å². The van der Waals surface area contributed by atoms with Crippen molar-refractivity contribution in [1.29, 1.82) is 0 Å². The van der Waals surface area contributed by atoms with E-state index in [-0.39, 0.29) is 18.3 Å². The van der Waals surface area contributed by atoms with Gasteiger partial charge in [0.05, 0.1) is 12.2 Å². The van der Waals surface area contributed by atoms with Crippen LogP contribution < -0.4 is 0 Å². The average molecular weight is 351 g/mol. The van der Waals surface area contributed by atoms with E-state index in [9.17, 15) is 9.18 Å². The highest BCUT2D eigenvalue weighted by molar-refractivity contribution is 9.10. The summed E-state index contributed by atoms with van der Waals surface area (Å²) in [6, 6.07) is 10.4. The molecule has 0 radical (unpaired) electrons. The van der Waals surface area contributed by atoms with Crippen LogP contribution in [-0.4, -0.2) is 15.8 Å². The second kappa shape index (κ2) is 7.31. The Bertz CT molecular complexity index is 619. The Labute approximate surface area is 131 Å². The van der Waals surface area contributed by atoms with Crippen LogP contribution in [0.5, 0.6) is 0 Å². The highest BCUT2D eigenvalue weighted by Crippen LogP contribution is 2.18. The fourth-order valence-electron chi connectivity index (χ4n) is 2.00. The van der Waals surface area contributed by atoms with Crippen molar-refractivity contribution in [2.24, 2.45) is 0 Å². The van der Waals surface area contributed by atoms with Crippen LogP contribution in [0.15, 0.2) is 47.1 Å². The van der Waals surface area contributed by atoms with E-state index in [1.54, 1.807) is 30.2 Å². The van der Waals surface area contributed by atoms with Crippen LogP contribution in [0.3, 0.4) is 0 Å². The first-order valence-corrected chi connectivity index (χ1v) is 7.51. The zero-order chi connectivity index (χ0) is 15.2. The fraction of sp³-hybridized carbons (Fsp3) is 0.250. The van der Waals surface area contributed by atoms with Crippen molar-refractivity contribution in [3.05, 3.63) is 64.1 Å². The predicted molar refractivity (Wildman–Crippen MR) is 82.9 cm³/mol. The molecular weight excluding hydrogens is 335 g/mol. The first kappa shape index (κ1) is 15.6. The summed E-state index contributed by atoms with van der Waals surface area (Å²) in [5.74, 6) is -0.345. The van der Waals surface area contributed by atoms with Crippen LogP contribution in [0.1, 0.15) is 24.6 Å². The van der Waals surface area contributed by atoms with Gasteiger partial charge < -0.3 is 4.90 Å². The number of aromatic nitrogens is 1. The minimum absolute atomic E-state index is 0.0250. The molecule has 0 atom stereocenters. The van der Waals surface area contributed by atoms with E-state index < -0.39 is 0 Å². The molecule has 1 heterocycles. The standard InChI is InChI=1S/C16H16BrFN2O/c1-2-16(21)20(11-14-5-3-4-8-19-14)10-12-6-7-13(17)9-15(12)18/h3-9H,2,10-11H2,1H3. The maximum atomic E-state index is 13.9. The third kappa shape index (κ3) is 4.36. The Balaban J connectivity index is 2.18. The predicted octanol–water partition coefficient (Wildman–Crippen LogP) is 3.92. The number of nitrogens with zero attached hydrogens (tertiary/aromatic N) is 2. The zero-order valence-corrected chi connectivity index (χ0v) is 13.3. The van der Waals surface area contributed by atoms with Gasteiger partial charge in [0.2, 0.25) is 5.91 Å². The number of carbonyl (C=O) groups is 1. The largest absolute Gasteiger partial charge is 0.332 e. The van der Waals surface area contributed by atoms with E-state index in [0.29, 0.717) is 23.0 Å². The van der Waals surface area contributed by atoms with Crippen molar-refractivity contribution >= 4 is 21.8 Å². The summed E-state index contributed by atoms with van der Waals surface area (Å²) in [5, 5.41) is 0. The number of benzene rings is 1. The lowest BCUT2D eigenvalue weighted by molar-refractivity contribution is -0.132. The number of hydrogen-bond acceptors (Lipinski definition) is 2. The molecular formula is C16H16BrFN2O. The van der Waals surface area contributed by atoms with Gasteiger partial charge in [-0.15, -0.1) is 0 Å². The Morgan fingerprint density at radius 1 is 1.29 bits per heavy atom. The molecule has 0 aliphatic rings. The van der Waals surface area contributed by atoms with Crippen molar-refractivity contribution < 1.29 is 9.18 Å². The minimum atomic E-state index is -0.320. The molecule has 0 saturated heterocycles. The molecule has 1 amide bonds. The molecule has 0 unspecified atom stereocenters. The summed E-state index contributed by atoms with van der Waals surface area (Å²) in [4.78, 5) is 17.9. The number of carbonyl (C=O) groups excluding carboxylic acids is 1. The monoisotopic (exact) mass is 350 g/mol. The molecule has 0 fully saturated rings. The van der Waals surface area contributed by atoms with Gasteiger partial charge >= 0.3 is 0 Å². The van der Waals surface area contributed by atoms with Crippen LogP contribution in [0, 0.1) is 5.82 Å². The Morgan fingerprint density at radius 3 is 2.71 bits per heavy atom. The van der Waals surface area contributed by atoms with Crippen LogP contribution in [-0.2, 0) is 17.9 Å². The molecule has 0 aliphatic carbocycles. The summed E-state index contributed by atoms with van der Waals surface area (Å²) in [6.45, 7) is 2.41. The van der Waals surface area contributed by atoms with Gasteiger partial charge in [-0.05, 0) is 24.3 Å². The lowest BCUT2D eigenvalue weighted by Gasteiger charge is -2.22. The van der Waals surface area contributed by atoms with Crippen molar-refractivity contribution in [1.82, 2.24) is 9.88 Å². The van der Waals surface area contributed by atoms with Gasteiger partial charge in [-0.3, -0.25) is 9.78 Å². The normalized spacial score (nSPS) is 10.4. The first-order chi connectivity index (χ1) is 10.1. The highest BCUT2D eigenvalue weighted by atomic mass is 79.9. The maximum absolute atomic E-state index is 13.9. The number of halogens is 2. The molecule has 1 aromatic carbocycles. The van der Waals surface area contributed by atoms with Crippen molar-refractivity contribution in [3.63, 3.8) is 0 Å². The topological polar surface area (TPSA) is 33.2 Å². The summed E-state index contributed by atoms with van der Waals surface area (Å²) in [7, 11) is 0. The van der Waals surface area contributed by atoms with Gasteiger partial charge in [0.15, 0.2) is 0 Å². The average Bonchev–Trinajstić information content (AvgIpc) is 2.49. The molecule has 2 aromatic rings. The Kier molecular flexibility index (Phi) is 5.44. The van der Waals surface area contributed by atoms with Gasteiger partial charge in [-0.1, -0.05) is 35.0 Å². The quantitative estimate of drug-likeness (QED) is 0.818. The van der Waals surface area contributed by atoms with Gasteiger partial charge in [0.1, 0.15) is 5.82 Å². The molecule has 21 heavy (non-hydrogen) atoms. The molecule has 1 aromatic heterocycles. The van der Waals surface area contributed by atoms with Gasteiger partial charge in [0.25, 0.3) is 0 Å². The molecule has 110 valence electrons. The van der Waals surface area contributed by atoms with E-state index in [2.05, 4.69) is 20.9 Å². The van der Waals surface area contributed by atoms with Gasteiger partial charge in [-0.2, -0.15) is 0 Å². The van der Waals surface area contributed by atoms with E-state index in [0.717, 1.165) is 5.69 Å². The summed E-state index contributed by atoms with van der Waals surface area (Å²) in [6.07, 6.45) is 2.06. The van der Waals surface area contributed by atoms with Crippen molar-refractivity contribution in [3.8, 4) is 0 Å². The summed E-state index contributed by atoms with van der Waals surface area (Å²) < 4.78 is 14.6. The number of rotatable bonds is 5. The van der Waals surface area contributed by atoms with Crippen LogP contribution in [0.2, 0.25) is 0 Å². The molecule has 2 rings (SSSR count). The lowest BCUT2D eigenvalue weighted by atomic mass is 10.2. The van der Waals surface area contributed by atoms with Crippen LogP contribution in [0.4, 0.5) is 4.39 Å². The Morgan fingerprint density at radius 2 is 2.10 bits per heavy atom. The fourth-order valence-corrected chi connectivity index (χ4v) is 2.33. The van der Waals surface area contributed by atoms with E-state index in [1.165, 1.54) is 6.07 Å². The van der Waals surface area contributed by atoms with E-state index in [1.807, 2.05) is 18.2 Å². The molecule has 0 spiro atoms. The minimum Gasteiger partial charge on any atom is -0.332 e. The van der Waals surface area contributed by atoms with Crippen molar-refractivity contribution in [2.45, 2.75) is 26.4 Å². The van der Waals surface area contributed by atoms with Crippen molar-refractivity contribution in [2.75, 3.05) is 0 Å². The molecule has 0 saturated carbocycles. The SMILES string of the molecule is CCC(=O)N(Cc1ccccn1)Cc1ccc(Br)cc1F. The highest BCUT2D eigenvalue weighted by Gasteiger charge is 2.15. The third-order valence-electron chi connectivity index (χ3n) is 3.11. The zero-order valence-electron chi connectivity index (χ0n) is 11.7. The lowest BCUT2D eigenvalue weighted by Crippen LogP contribution is -2.30. The second-order valence-corrected chi connectivity index (χ2v) is 5.58. The van der Waals surface area contributed by atoms with Crippen LogP contribution in [0.25, 0.3) is 0 Å². The smallest absolute Gasteiger partial charge is 0.222 e. The number of hydrogen-bond donors (Lipinski definition) is 0. The summed E-state index contributed by atoms with van der Waals surface area (Å²) in [5.41, 5.74) is 1.28. The van der Waals surface area contributed by atoms with E-state index >= 15 is 0 Å². The number of amides is 1. The third-order valence-corrected chi connectivity index (χ3v) is 3.60. The maximum Gasteiger partial charge on any atom is 0.222 e. The first-order valence-electron chi connectivity index (χ1n) is 6.71. The molecule has 5 heteroatoms. The summed E-state index contributed by atoms with van der Waals surface area (Å²) >= 11 is 3.23. The molecule has 0 bridgehead atoms. The van der Waals surface area contributed by atoms with Gasteiger partial charge in [0, 0.05) is 29.2 Å². The molecule has 0 N–H and O–H groups in total. The Hall–Kier alpha value is -1.75. The molecule has 3 nitrogen and oxygen atoms in total. The van der Waals surface area contributed by atoms with Crippen LogP contribution >= 0.6 is 15.9 Å². The van der Waals surface area contributed by atoms with Gasteiger partial charge in [-0.25, -0.2) is 4.39 Å². The molecule has 0 aliphatic heterocycles.